The zero-order valence-electron chi connectivity index (χ0n) is 9.39. The van der Waals surface area contributed by atoms with Crippen LogP contribution in [0.15, 0.2) is 54.7 Å². The fourth-order valence-corrected chi connectivity index (χ4v) is 1.27. The van der Waals surface area contributed by atoms with Crippen LogP contribution < -0.4 is 9.47 Å². The summed E-state index contributed by atoms with van der Waals surface area (Å²) in [6, 6.07) is 13.6. The minimum absolute atomic E-state index is 0.195. The minimum atomic E-state index is -1.43. The fourth-order valence-electron chi connectivity index (χ4n) is 1.27. The van der Waals surface area contributed by atoms with Gasteiger partial charge in [0.1, 0.15) is 5.75 Å². The van der Waals surface area contributed by atoms with E-state index in [-0.39, 0.29) is 5.88 Å². The van der Waals surface area contributed by atoms with E-state index in [1.165, 1.54) is 6.20 Å². The predicted molar refractivity (Wildman–Crippen MR) is 63.4 cm³/mol. The Balaban J connectivity index is 2.08. The summed E-state index contributed by atoms with van der Waals surface area (Å²) in [5, 5.41) is 9.02. The van der Waals surface area contributed by atoms with Crippen LogP contribution in [0.25, 0.3) is 0 Å². The van der Waals surface area contributed by atoms with Crippen LogP contribution in [-0.2, 0) is 4.79 Å². The molecule has 2 rings (SSSR count). The summed E-state index contributed by atoms with van der Waals surface area (Å²) in [6.07, 6.45) is 0.0822. The van der Waals surface area contributed by atoms with Gasteiger partial charge < -0.3 is 14.6 Å². The van der Waals surface area contributed by atoms with E-state index < -0.39 is 12.3 Å². The molecule has 1 aromatic heterocycles. The maximum atomic E-state index is 11.0. The van der Waals surface area contributed by atoms with Gasteiger partial charge in [0.2, 0.25) is 5.88 Å². The molecule has 18 heavy (non-hydrogen) atoms. The van der Waals surface area contributed by atoms with Gasteiger partial charge in [-0.15, -0.1) is 0 Å². The number of carboxylic acid groups (broad SMARTS) is 1. The average molecular weight is 245 g/mol. The maximum Gasteiger partial charge on any atom is 0.387 e. The zero-order chi connectivity index (χ0) is 12.8. The Labute approximate surface area is 104 Å². The number of hydrogen-bond donors (Lipinski definition) is 1. The number of nitrogens with zero attached hydrogens (tertiary/aromatic N) is 1. The Morgan fingerprint density at radius 1 is 1.06 bits per heavy atom. The highest BCUT2D eigenvalue weighted by Gasteiger charge is 2.21. The van der Waals surface area contributed by atoms with Crippen molar-refractivity contribution in [2.75, 3.05) is 0 Å². The van der Waals surface area contributed by atoms with Crippen molar-refractivity contribution in [1.29, 1.82) is 0 Å². The molecule has 5 nitrogen and oxygen atoms in total. The van der Waals surface area contributed by atoms with Crippen molar-refractivity contribution in [3.05, 3.63) is 54.7 Å². The third-order valence-electron chi connectivity index (χ3n) is 2.05. The second kappa shape index (κ2) is 5.67. The summed E-state index contributed by atoms with van der Waals surface area (Å²) in [7, 11) is 0. The normalized spacial score (nSPS) is 11.6. The number of carboxylic acids is 1. The Morgan fingerprint density at radius 3 is 2.39 bits per heavy atom. The van der Waals surface area contributed by atoms with Gasteiger partial charge in [-0.3, -0.25) is 0 Å². The molecule has 1 atom stereocenters. The van der Waals surface area contributed by atoms with Crippen molar-refractivity contribution in [1.82, 2.24) is 4.98 Å². The summed E-state index contributed by atoms with van der Waals surface area (Å²) in [5.41, 5.74) is 0. The van der Waals surface area contributed by atoms with Crippen LogP contribution in [0.5, 0.6) is 11.6 Å². The fraction of sp³-hybridized carbons (Fsp3) is 0.0769. The summed E-state index contributed by atoms with van der Waals surface area (Å²) >= 11 is 0. The zero-order valence-corrected chi connectivity index (χ0v) is 9.39. The van der Waals surface area contributed by atoms with Gasteiger partial charge in [0.15, 0.2) is 0 Å². The van der Waals surface area contributed by atoms with E-state index in [0.717, 1.165) is 0 Å². The van der Waals surface area contributed by atoms with E-state index in [9.17, 15) is 4.79 Å². The molecular formula is C13H11NO4. The van der Waals surface area contributed by atoms with Gasteiger partial charge in [0.05, 0.1) is 0 Å². The first kappa shape index (κ1) is 11.9. The van der Waals surface area contributed by atoms with Gasteiger partial charge >= 0.3 is 12.3 Å². The molecule has 0 radical (unpaired) electrons. The second-order valence-electron chi connectivity index (χ2n) is 3.39. The van der Waals surface area contributed by atoms with E-state index in [4.69, 9.17) is 14.6 Å². The van der Waals surface area contributed by atoms with Crippen LogP contribution in [0, 0.1) is 0 Å². The Kier molecular flexibility index (Phi) is 3.76. The van der Waals surface area contributed by atoms with E-state index >= 15 is 0 Å². The topological polar surface area (TPSA) is 68.7 Å². The number of carbonyl (C=O) groups is 1. The highest BCUT2D eigenvalue weighted by Crippen LogP contribution is 2.14. The molecule has 1 unspecified atom stereocenters. The lowest BCUT2D eigenvalue weighted by Gasteiger charge is -2.15. The number of pyridine rings is 1. The number of rotatable bonds is 5. The number of aromatic nitrogens is 1. The molecule has 0 fully saturated rings. The van der Waals surface area contributed by atoms with Crippen molar-refractivity contribution >= 4 is 5.97 Å². The molecule has 1 N–H and O–H groups in total. The van der Waals surface area contributed by atoms with E-state index in [1.807, 2.05) is 6.07 Å². The highest BCUT2D eigenvalue weighted by molar-refractivity contribution is 5.71. The van der Waals surface area contributed by atoms with Crippen LogP contribution >= 0.6 is 0 Å². The molecule has 0 spiro atoms. The highest BCUT2D eigenvalue weighted by atomic mass is 16.7. The lowest BCUT2D eigenvalue weighted by molar-refractivity contribution is -0.158. The van der Waals surface area contributed by atoms with Crippen molar-refractivity contribution in [3.8, 4) is 11.6 Å². The molecule has 1 heterocycles. The van der Waals surface area contributed by atoms with Gasteiger partial charge in [-0.2, -0.15) is 0 Å². The third-order valence-corrected chi connectivity index (χ3v) is 2.05. The van der Waals surface area contributed by atoms with E-state index in [1.54, 1.807) is 42.5 Å². The lowest BCUT2D eigenvalue weighted by Crippen LogP contribution is -2.33. The van der Waals surface area contributed by atoms with Gasteiger partial charge in [-0.25, -0.2) is 9.78 Å². The molecule has 5 heteroatoms. The van der Waals surface area contributed by atoms with Crippen LogP contribution in [0.2, 0.25) is 0 Å². The summed E-state index contributed by atoms with van der Waals surface area (Å²) in [4.78, 5) is 14.9. The Bertz CT molecular complexity index is 459. The molecule has 0 aliphatic carbocycles. The molecule has 0 saturated carbocycles. The molecule has 0 saturated heterocycles. The number of aliphatic carboxylic acids is 1. The van der Waals surface area contributed by atoms with Gasteiger partial charge in [0, 0.05) is 12.3 Å². The quantitative estimate of drug-likeness (QED) is 0.815. The number of para-hydroxylation sites is 1. The van der Waals surface area contributed by atoms with Gasteiger partial charge in [-0.05, 0) is 18.2 Å². The van der Waals surface area contributed by atoms with Crippen molar-refractivity contribution in [2.24, 2.45) is 0 Å². The monoisotopic (exact) mass is 245 g/mol. The number of benzene rings is 1. The SMILES string of the molecule is O=C(O)C(Oc1ccccc1)Oc1ccccn1. The van der Waals surface area contributed by atoms with Crippen molar-refractivity contribution in [3.63, 3.8) is 0 Å². The van der Waals surface area contributed by atoms with Crippen molar-refractivity contribution in [2.45, 2.75) is 6.29 Å². The standard InChI is InChI=1S/C13H11NO4/c15-12(16)13(17-10-6-2-1-3-7-10)18-11-8-4-5-9-14-11/h1-9,13H,(H,15,16). The summed E-state index contributed by atoms with van der Waals surface area (Å²) < 4.78 is 10.4. The Morgan fingerprint density at radius 2 is 1.78 bits per heavy atom. The average Bonchev–Trinajstić information content (AvgIpc) is 2.40. The maximum absolute atomic E-state index is 11.0. The van der Waals surface area contributed by atoms with E-state index in [0.29, 0.717) is 5.75 Å². The number of ether oxygens (including phenoxy) is 2. The molecule has 92 valence electrons. The molecule has 1 aromatic carbocycles. The molecule has 0 bridgehead atoms. The van der Waals surface area contributed by atoms with Crippen molar-refractivity contribution < 1.29 is 19.4 Å². The first-order valence-corrected chi connectivity index (χ1v) is 5.28. The minimum Gasteiger partial charge on any atom is -0.476 e. The second-order valence-corrected chi connectivity index (χ2v) is 3.39. The predicted octanol–water partition coefficient (Wildman–Crippen LogP) is 1.95. The molecule has 2 aromatic rings. The third kappa shape index (κ3) is 3.21. The summed E-state index contributed by atoms with van der Waals surface area (Å²) in [5.74, 6) is -0.605. The molecule has 0 amide bonds. The molecule has 0 aliphatic rings. The molecule has 0 aliphatic heterocycles. The van der Waals surface area contributed by atoms with Gasteiger partial charge in [-0.1, -0.05) is 24.3 Å². The Hall–Kier alpha value is -2.56. The van der Waals surface area contributed by atoms with E-state index in [2.05, 4.69) is 4.98 Å². The summed E-state index contributed by atoms with van der Waals surface area (Å²) in [6.45, 7) is 0. The van der Waals surface area contributed by atoms with Gasteiger partial charge in [0.25, 0.3) is 0 Å². The van der Waals surface area contributed by atoms with Crippen LogP contribution in [0.1, 0.15) is 0 Å². The first-order valence-electron chi connectivity index (χ1n) is 5.28. The first-order chi connectivity index (χ1) is 8.75. The molecular weight excluding hydrogens is 234 g/mol. The van der Waals surface area contributed by atoms with Crippen LogP contribution in [0.3, 0.4) is 0 Å². The van der Waals surface area contributed by atoms with Crippen LogP contribution in [-0.4, -0.2) is 22.3 Å². The largest absolute Gasteiger partial charge is 0.476 e. The number of hydrogen-bond acceptors (Lipinski definition) is 4. The van der Waals surface area contributed by atoms with Crippen LogP contribution in [0.4, 0.5) is 0 Å². The lowest BCUT2D eigenvalue weighted by atomic mass is 10.3. The smallest absolute Gasteiger partial charge is 0.387 e.